The second-order valence-corrected chi connectivity index (χ2v) is 3.73. The SMILES string of the molecule is CC(C)Cc1[nH]nc2nc[nH]c(=O)c12. The molecule has 0 aliphatic rings. The molecule has 5 nitrogen and oxygen atoms in total. The van der Waals surface area contributed by atoms with E-state index in [0.717, 1.165) is 12.1 Å². The minimum absolute atomic E-state index is 0.126. The number of aromatic nitrogens is 4. The van der Waals surface area contributed by atoms with Gasteiger partial charge in [0.1, 0.15) is 5.39 Å². The van der Waals surface area contributed by atoms with Crippen molar-refractivity contribution in [2.45, 2.75) is 20.3 Å². The van der Waals surface area contributed by atoms with E-state index in [2.05, 4.69) is 34.0 Å². The molecule has 0 aromatic carbocycles. The number of nitrogens with one attached hydrogen (secondary N) is 2. The molecule has 0 atom stereocenters. The number of aromatic amines is 2. The quantitative estimate of drug-likeness (QED) is 0.740. The van der Waals surface area contributed by atoms with Crippen LogP contribution in [0.15, 0.2) is 11.1 Å². The van der Waals surface area contributed by atoms with Gasteiger partial charge in [-0.25, -0.2) is 4.98 Å². The standard InChI is InChI=1S/C9H12N4O/c1-5(2)3-6-7-8(13-12-6)10-4-11-9(7)14/h4-5H,3H2,1-2H3,(H2,10,11,12,13,14). The summed E-state index contributed by atoms with van der Waals surface area (Å²) in [6.45, 7) is 4.19. The van der Waals surface area contributed by atoms with E-state index < -0.39 is 0 Å². The minimum Gasteiger partial charge on any atom is -0.312 e. The van der Waals surface area contributed by atoms with Crippen molar-refractivity contribution in [3.8, 4) is 0 Å². The summed E-state index contributed by atoms with van der Waals surface area (Å²) < 4.78 is 0. The molecule has 74 valence electrons. The Labute approximate surface area is 80.6 Å². The lowest BCUT2D eigenvalue weighted by molar-refractivity contribution is 0.636. The van der Waals surface area contributed by atoms with Crippen LogP contribution in [0.25, 0.3) is 11.0 Å². The smallest absolute Gasteiger partial charge is 0.262 e. The number of nitrogens with zero attached hydrogens (tertiary/aromatic N) is 2. The Morgan fingerprint density at radius 1 is 1.50 bits per heavy atom. The first-order valence-electron chi connectivity index (χ1n) is 4.59. The predicted molar refractivity (Wildman–Crippen MR) is 53.1 cm³/mol. The van der Waals surface area contributed by atoms with Crippen molar-refractivity contribution in [3.63, 3.8) is 0 Å². The third-order valence-corrected chi connectivity index (χ3v) is 2.04. The van der Waals surface area contributed by atoms with Crippen LogP contribution in [0.2, 0.25) is 0 Å². The molecular weight excluding hydrogens is 180 g/mol. The first-order valence-corrected chi connectivity index (χ1v) is 4.59. The van der Waals surface area contributed by atoms with E-state index in [-0.39, 0.29) is 5.56 Å². The van der Waals surface area contributed by atoms with Crippen LogP contribution in [0.3, 0.4) is 0 Å². The fraction of sp³-hybridized carbons (Fsp3) is 0.444. The second-order valence-electron chi connectivity index (χ2n) is 3.73. The minimum atomic E-state index is -0.126. The summed E-state index contributed by atoms with van der Waals surface area (Å²) in [6.07, 6.45) is 2.18. The highest BCUT2D eigenvalue weighted by molar-refractivity contribution is 5.76. The summed E-state index contributed by atoms with van der Waals surface area (Å²) in [5.74, 6) is 0.484. The molecule has 2 aromatic heterocycles. The second kappa shape index (κ2) is 3.25. The molecule has 0 aliphatic heterocycles. The van der Waals surface area contributed by atoms with Crippen molar-refractivity contribution in [2.75, 3.05) is 0 Å². The van der Waals surface area contributed by atoms with Crippen LogP contribution in [0.5, 0.6) is 0 Å². The summed E-state index contributed by atoms with van der Waals surface area (Å²) in [7, 11) is 0. The van der Waals surface area contributed by atoms with Crippen LogP contribution in [0.1, 0.15) is 19.5 Å². The van der Waals surface area contributed by atoms with Gasteiger partial charge in [-0.05, 0) is 12.3 Å². The van der Waals surface area contributed by atoms with Crippen LogP contribution in [0, 0.1) is 5.92 Å². The molecular formula is C9H12N4O. The Morgan fingerprint density at radius 3 is 3.00 bits per heavy atom. The average molecular weight is 192 g/mol. The molecule has 2 heterocycles. The van der Waals surface area contributed by atoms with Crippen LogP contribution in [-0.4, -0.2) is 20.2 Å². The van der Waals surface area contributed by atoms with Crippen molar-refractivity contribution in [2.24, 2.45) is 5.92 Å². The molecule has 2 N–H and O–H groups in total. The Hall–Kier alpha value is -1.65. The van der Waals surface area contributed by atoms with E-state index in [1.807, 2.05) is 0 Å². The largest absolute Gasteiger partial charge is 0.312 e. The maximum absolute atomic E-state index is 11.5. The van der Waals surface area contributed by atoms with Gasteiger partial charge in [-0.2, -0.15) is 5.10 Å². The molecule has 0 saturated heterocycles. The zero-order valence-electron chi connectivity index (χ0n) is 8.16. The van der Waals surface area contributed by atoms with E-state index in [0.29, 0.717) is 17.0 Å². The molecule has 2 rings (SSSR count). The van der Waals surface area contributed by atoms with E-state index in [4.69, 9.17) is 0 Å². The average Bonchev–Trinajstić information content (AvgIpc) is 2.49. The van der Waals surface area contributed by atoms with Gasteiger partial charge in [0.05, 0.1) is 12.0 Å². The number of rotatable bonds is 2. The van der Waals surface area contributed by atoms with E-state index in [1.165, 1.54) is 6.33 Å². The molecule has 0 radical (unpaired) electrons. The van der Waals surface area contributed by atoms with Crippen LogP contribution >= 0.6 is 0 Å². The van der Waals surface area contributed by atoms with Crippen molar-refractivity contribution < 1.29 is 0 Å². The maximum atomic E-state index is 11.5. The zero-order valence-corrected chi connectivity index (χ0v) is 8.16. The summed E-state index contributed by atoms with van der Waals surface area (Å²) in [5, 5.41) is 7.41. The first-order chi connectivity index (χ1) is 6.68. The lowest BCUT2D eigenvalue weighted by Crippen LogP contribution is -2.08. The van der Waals surface area contributed by atoms with Gasteiger partial charge < -0.3 is 4.98 Å². The lowest BCUT2D eigenvalue weighted by Gasteiger charge is -2.00. The van der Waals surface area contributed by atoms with Gasteiger partial charge in [-0.1, -0.05) is 13.8 Å². The van der Waals surface area contributed by atoms with Crippen molar-refractivity contribution >= 4 is 11.0 Å². The predicted octanol–water partition coefficient (Wildman–Crippen LogP) is 0.845. The van der Waals surface area contributed by atoms with Crippen LogP contribution < -0.4 is 5.56 Å². The molecule has 0 spiro atoms. The molecule has 14 heavy (non-hydrogen) atoms. The third-order valence-electron chi connectivity index (χ3n) is 2.04. The number of hydrogen-bond donors (Lipinski definition) is 2. The topological polar surface area (TPSA) is 74.4 Å². The van der Waals surface area contributed by atoms with Gasteiger partial charge in [0.25, 0.3) is 5.56 Å². The van der Waals surface area contributed by atoms with Crippen molar-refractivity contribution in [1.29, 1.82) is 0 Å². The van der Waals surface area contributed by atoms with Crippen molar-refractivity contribution in [3.05, 3.63) is 22.4 Å². The Bertz CT molecular complexity index is 497. The van der Waals surface area contributed by atoms with Crippen molar-refractivity contribution in [1.82, 2.24) is 20.2 Å². The molecule has 0 fully saturated rings. The normalized spacial score (nSPS) is 11.4. The molecule has 5 heteroatoms. The highest BCUT2D eigenvalue weighted by atomic mass is 16.1. The molecule has 0 bridgehead atoms. The highest BCUT2D eigenvalue weighted by Gasteiger charge is 2.10. The maximum Gasteiger partial charge on any atom is 0.262 e. The van der Waals surface area contributed by atoms with Gasteiger partial charge in [0, 0.05) is 0 Å². The lowest BCUT2D eigenvalue weighted by atomic mass is 10.1. The molecule has 0 saturated carbocycles. The summed E-state index contributed by atoms with van der Waals surface area (Å²) in [5.41, 5.74) is 1.23. The third kappa shape index (κ3) is 1.41. The molecule has 0 aliphatic carbocycles. The Morgan fingerprint density at radius 2 is 2.29 bits per heavy atom. The van der Waals surface area contributed by atoms with Crippen LogP contribution in [-0.2, 0) is 6.42 Å². The summed E-state index contributed by atoms with van der Waals surface area (Å²) in [4.78, 5) is 18.0. The number of H-pyrrole nitrogens is 2. The number of hydrogen-bond acceptors (Lipinski definition) is 3. The highest BCUT2D eigenvalue weighted by Crippen LogP contribution is 2.12. The first kappa shape index (κ1) is 8.93. The molecule has 0 amide bonds. The Kier molecular flexibility index (Phi) is 2.07. The van der Waals surface area contributed by atoms with E-state index >= 15 is 0 Å². The Balaban J connectivity index is 2.61. The summed E-state index contributed by atoms with van der Waals surface area (Å²) >= 11 is 0. The van der Waals surface area contributed by atoms with Gasteiger partial charge in [0.15, 0.2) is 5.65 Å². The van der Waals surface area contributed by atoms with Crippen LogP contribution in [0.4, 0.5) is 0 Å². The van der Waals surface area contributed by atoms with E-state index in [9.17, 15) is 4.79 Å². The fourth-order valence-corrected chi connectivity index (χ4v) is 1.48. The van der Waals surface area contributed by atoms with Gasteiger partial charge >= 0.3 is 0 Å². The fourth-order valence-electron chi connectivity index (χ4n) is 1.48. The zero-order chi connectivity index (χ0) is 10.1. The van der Waals surface area contributed by atoms with E-state index in [1.54, 1.807) is 0 Å². The summed E-state index contributed by atoms with van der Waals surface area (Å²) in [6, 6.07) is 0. The van der Waals surface area contributed by atoms with Gasteiger partial charge in [0.2, 0.25) is 0 Å². The molecule has 2 aromatic rings. The number of fused-ring (bicyclic) bond motifs is 1. The van der Waals surface area contributed by atoms with Gasteiger partial charge in [-0.3, -0.25) is 9.89 Å². The molecule has 0 unspecified atom stereocenters. The monoisotopic (exact) mass is 192 g/mol. The van der Waals surface area contributed by atoms with Gasteiger partial charge in [-0.15, -0.1) is 0 Å².